The van der Waals surface area contributed by atoms with Crippen molar-refractivity contribution in [2.75, 3.05) is 18.9 Å². The summed E-state index contributed by atoms with van der Waals surface area (Å²) in [6, 6.07) is 10.4. The van der Waals surface area contributed by atoms with Gasteiger partial charge in [-0.25, -0.2) is 21.9 Å². The Labute approximate surface area is 145 Å². The van der Waals surface area contributed by atoms with Gasteiger partial charge >= 0.3 is 0 Å². The first-order valence-electron chi connectivity index (χ1n) is 7.52. The number of rotatable bonds is 8. The van der Waals surface area contributed by atoms with Gasteiger partial charge in [0.05, 0.1) is 5.75 Å². The van der Waals surface area contributed by atoms with Gasteiger partial charge < -0.3 is 9.84 Å². The van der Waals surface area contributed by atoms with Crippen LogP contribution in [-0.4, -0.2) is 32.4 Å². The molecule has 0 aliphatic rings. The Balaban J connectivity index is 1.85. The zero-order valence-corrected chi connectivity index (χ0v) is 14.4. The summed E-state index contributed by atoms with van der Waals surface area (Å²) in [6.07, 6.45) is 0. The van der Waals surface area contributed by atoms with Crippen LogP contribution in [0.5, 0.6) is 5.75 Å². The maximum atomic E-state index is 12.9. The van der Waals surface area contributed by atoms with Crippen LogP contribution in [-0.2, 0) is 15.6 Å². The molecule has 0 aliphatic heterocycles. The van der Waals surface area contributed by atoms with Gasteiger partial charge in [0.1, 0.15) is 29.6 Å². The molecule has 2 aromatic carbocycles. The van der Waals surface area contributed by atoms with Crippen LogP contribution in [0.15, 0.2) is 48.5 Å². The molecule has 0 spiro atoms. The van der Waals surface area contributed by atoms with Gasteiger partial charge in [0.25, 0.3) is 0 Å². The largest absolute Gasteiger partial charge is 0.492 e. The molecule has 5 nitrogen and oxygen atoms in total. The fourth-order valence-electron chi connectivity index (χ4n) is 2.03. The lowest BCUT2D eigenvalue weighted by molar-refractivity contribution is 0.0626. The van der Waals surface area contributed by atoms with E-state index in [0.29, 0.717) is 11.3 Å². The predicted octanol–water partition coefficient (Wildman–Crippen LogP) is 2.17. The van der Waals surface area contributed by atoms with E-state index in [9.17, 15) is 22.3 Å². The highest BCUT2D eigenvalue weighted by Gasteiger charge is 2.25. The minimum Gasteiger partial charge on any atom is -0.492 e. The van der Waals surface area contributed by atoms with Crippen molar-refractivity contribution in [3.63, 3.8) is 0 Å². The van der Waals surface area contributed by atoms with E-state index in [0.717, 1.165) is 0 Å². The lowest BCUT2D eigenvalue weighted by Crippen LogP contribution is -2.40. The van der Waals surface area contributed by atoms with E-state index in [-0.39, 0.29) is 18.9 Å². The predicted molar refractivity (Wildman–Crippen MR) is 89.7 cm³/mol. The molecule has 0 saturated heterocycles. The lowest BCUT2D eigenvalue weighted by atomic mass is 9.96. The Hall–Kier alpha value is -2.03. The zero-order valence-electron chi connectivity index (χ0n) is 13.6. The summed E-state index contributed by atoms with van der Waals surface area (Å²) in [5.41, 5.74) is -1.10. The van der Waals surface area contributed by atoms with Crippen LogP contribution in [0, 0.1) is 11.6 Å². The summed E-state index contributed by atoms with van der Waals surface area (Å²) in [5, 5.41) is 10.4. The first-order chi connectivity index (χ1) is 11.7. The van der Waals surface area contributed by atoms with Crippen molar-refractivity contribution in [2.24, 2.45) is 0 Å². The standard InChI is InChI=1S/C17H19F2NO4S/c1-17(21,13-2-4-14(18)5-3-13)12-20-25(22,23)11-10-24-16-8-6-15(19)7-9-16/h2-9,20-21H,10-12H2,1H3. The van der Waals surface area contributed by atoms with Gasteiger partial charge in [-0.1, -0.05) is 12.1 Å². The number of aliphatic hydroxyl groups is 1. The number of nitrogens with one attached hydrogen (secondary N) is 1. The van der Waals surface area contributed by atoms with Crippen LogP contribution >= 0.6 is 0 Å². The number of halogens is 2. The zero-order chi connectivity index (χ0) is 18.5. The SMILES string of the molecule is CC(O)(CNS(=O)(=O)CCOc1ccc(F)cc1)c1ccc(F)cc1. The molecule has 0 bridgehead atoms. The molecular weight excluding hydrogens is 352 g/mol. The van der Waals surface area contributed by atoms with Crippen molar-refractivity contribution in [3.05, 3.63) is 65.7 Å². The smallest absolute Gasteiger partial charge is 0.215 e. The average molecular weight is 371 g/mol. The van der Waals surface area contributed by atoms with Gasteiger partial charge in [0, 0.05) is 6.54 Å². The summed E-state index contributed by atoms with van der Waals surface area (Å²) >= 11 is 0. The molecule has 0 aliphatic carbocycles. The van der Waals surface area contributed by atoms with Crippen LogP contribution in [0.4, 0.5) is 8.78 Å². The summed E-state index contributed by atoms with van der Waals surface area (Å²) in [4.78, 5) is 0. The minimum absolute atomic E-state index is 0.125. The Bertz CT molecular complexity index is 790. The molecule has 0 aromatic heterocycles. The Morgan fingerprint density at radius 3 is 2.12 bits per heavy atom. The van der Waals surface area contributed by atoms with Crippen LogP contribution < -0.4 is 9.46 Å². The monoisotopic (exact) mass is 371 g/mol. The molecule has 0 heterocycles. The van der Waals surface area contributed by atoms with E-state index in [1.54, 1.807) is 0 Å². The van der Waals surface area contributed by atoms with Crippen molar-refractivity contribution in [3.8, 4) is 5.75 Å². The maximum absolute atomic E-state index is 12.9. The Kier molecular flexibility index (Phi) is 6.10. The molecule has 1 unspecified atom stereocenters. The second kappa shape index (κ2) is 7.90. The molecule has 0 fully saturated rings. The van der Waals surface area contributed by atoms with E-state index in [1.165, 1.54) is 55.5 Å². The average Bonchev–Trinajstić information content (AvgIpc) is 2.55. The fraction of sp³-hybridized carbons (Fsp3) is 0.294. The molecule has 2 N–H and O–H groups in total. The molecular formula is C17H19F2NO4S. The summed E-state index contributed by atoms with van der Waals surface area (Å²) in [7, 11) is -3.69. The lowest BCUT2D eigenvalue weighted by Gasteiger charge is -2.24. The van der Waals surface area contributed by atoms with E-state index in [1.807, 2.05) is 0 Å². The fourth-order valence-corrected chi connectivity index (χ4v) is 2.98. The molecule has 136 valence electrons. The first kappa shape index (κ1) is 19.3. The van der Waals surface area contributed by atoms with Crippen LogP contribution in [0.3, 0.4) is 0 Å². The second-order valence-electron chi connectivity index (χ2n) is 5.72. The second-order valence-corrected chi connectivity index (χ2v) is 7.65. The minimum atomic E-state index is -3.69. The molecule has 25 heavy (non-hydrogen) atoms. The number of hydrogen-bond donors (Lipinski definition) is 2. The van der Waals surface area contributed by atoms with Gasteiger partial charge in [-0.2, -0.15) is 0 Å². The third-order valence-corrected chi connectivity index (χ3v) is 4.83. The van der Waals surface area contributed by atoms with Crippen LogP contribution in [0.1, 0.15) is 12.5 Å². The van der Waals surface area contributed by atoms with Crippen molar-refractivity contribution < 1.29 is 27.0 Å². The van der Waals surface area contributed by atoms with Gasteiger partial charge in [0.2, 0.25) is 10.0 Å². The normalized spacial score (nSPS) is 14.1. The maximum Gasteiger partial charge on any atom is 0.215 e. The summed E-state index contributed by atoms with van der Waals surface area (Å²) < 4.78 is 57.2. The molecule has 0 radical (unpaired) electrons. The van der Waals surface area contributed by atoms with Gasteiger partial charge in [-0.05, 0) is 48.9 Å². The summed E-state index contributed by atoms with van der Waals surface area (Å²) in [6.45, 7) is 1.04. The van der Waals surface area contributed by atoms with Gasteiger partial charge in [-0.3, -0.25) is 0 Å². The van der Waals surface area contributed by atoms with Crippen LogP contribution in [0.2, 0.25) is 0 Å². The van der Waals surface area contributed by atoms with Gasteiger partial charge in [-0.15, -0.1) is 0 Å². The number of ether oxygens (including phenoxy) is 1. The number of benzene rings is 2. The highest BCUT2D eigenvalue weighted by molar-refractivity contribution is 7.89. The molecule has 1 atom stereocenters. The first-order valence-corrected chi connectivity index (χ1v) is 9.17. The van der Waals surface area contributed by atoms with E-state index in [2.05, 4.69) is 4.72 Å². The van der Waals surface area contributed by atoms with Crippen LogP contribution in [0.25, 0.3) is 0 Å². The van der Waals surface area contributed by atoms with E-state index < -0.39 is 27.3 Å². The quantitative estimate of drug-likeness (QED) is 0.746. The summed E-state index contributed by atoms with van der Waals surface area (Å²) in [5.74, 6) is -0.832. The molecule has 8 heteroatoms. The number of sulfonamides is 1. The van der Waals surface area contributed by atoms with E-state index >= 15 is 0 Å². The highest BCUT2D eigenvalue weighted by atomic mass is 32.2. The van der Waals surface area contributed by atoms with Gasteiger partial charge in [0.15, 0.2) is 0 Å². The molecule has 2 aromatic rings. The third-order valence-electron chi connectivity index (χ3n) is 3.54. The molecule has 0 amide bonds. The van der Waals surface area contributed by atoms with Crippen molar-refractivity contribution >= 4 is 10.0 Å². The molecule has 2 rings (SSSR count). The van der Waals surface area contributed by atoms with Crippen molar-refractivity contribution in [2.45, 2.75) is 12.5 Å². The Morgan fingerprint density at radius 2 is 1.56 bits per heavy atom. The molecule has 0 saturated carbocycles. The highest BCUT2D eigenvalue weighted by Crippen LogP contribution is 2.20. The van der Waals surface area contributed by atoms with E-state index in [4.69, 9.17) is 4.74 Å². The van der Waals surface area contributed by atoms with Crippen molar-refractivity contribution in [1.82, 2.24) is 4.72 Å². The number of hydrogen-bond acceptors (Lipinski definition) is 4. The Morgan fingerprint density at radius 1 is 1.04 bits per heavy atom. The van der Waals surface area contributed by atoms with Crippen molar-refractivity contribution in [1.29, 1.82) is 0 Å². The third kappa shape index (κ3) is 6.08. The topological polar surface area (TPSA) is 75.6 Å².